The van der Waals surface area contributed by atoms with Crippen LogP contribution in [0.5, 0.6) is 11.5 Å². The predicted molar refractivity (Wildman–Crippen MR) is 85.2 cm³/mol. The van der Waals surface area contributed by atoms with E-state index in [0.717, 1.165) is 36.0 Å². The molecule has 0 amide bonds. The van der Waals surface area contributed by atoms with E-state index >= 15 is 0 Å². The molecular formula is C15H25NO3S. The third-order valence-electron chi connectivity index (χ3n) is 3.08. The van der Waals surface area contributed by atoms with Gasteiger partial charge in [0, 0.05) is 25.5 Å². The molecule has 0 aliphatic carbocycles. The van der Waals surface area contributed by atoms with Crippen LogP contribution in [-0.2, 0) is 4.74 Å². The highest BCUT2D eigenvalue weighted by Crippen LogP contribution is 2.30. The van der Waals surface area contributed by atoms with Crippen LogP contribution in [0, 0.1) is 0 Å². The second kappa shape index (κ2) is 9.91. The second-order valence-electron chi connectivity index (χ2n) is 4.38. The third-order valence-corrected chi connectivity index (χ3v) is 4.23. The number of nitrogens with one attached hydrogen (secondary N) is 1. The summed E-state index contributed by atoms with van der Waals surface area (Å²) >= 11 is 1.93. The van der Waals surface area contributed by atoms with E-state index in [1.165, 1.54) is 5.56 Å². The number of hydrogen-bond donors (Lipinski definition) is 1. The second-order valence-corrected chi connectivity index (χ2v) is 5.53. The molecule has 0 fully saturated rings. The number of methoxy groups -OCH3 is 3. The first kappa shape index (κ1) is 17.1. The molecule has 0 saturated heterocycles. The Morgan fingerprint density at radius 1 is 1.15 bits per heavy atom. The molecule has 5 heteroatoms. The van der Waals surface area contributed by atoms with Gasteiger partial charge in [-0.25, -0.2) is 0 Å². The van der Waals surface area contributed by atoms with Crippen LogP contribution in [0.3, 0.4) is 0 Å². The van der Waals surface area contributed by atoms with Gasteiger partial charge in [-0.3, -0.25) is 0 Å². The lowest BCUT2D eigenvalue weighted by Gasteiger charge is -2.18. The summed E-state index contributed by atoms with van der Waals surface area (Å²) in [5, 5.41) is 3.35. The van der Waals surface area contributed by atoms with E-state index in [1.54, 1.807) is 21.3 Å². The molecule has 0 aromatic heterocycles. The number of rotatable bonds is 10. The van der Waals surface area contributed by atoms with E-state index in [9.17, 15) is 0 Å². The fourth-order valence-corrected chi connectivity index (χ4v) is 3.01. The molecule has 0 aliphatic heterocycles. The number of thioether (sulfide) groups is 1. The lowest BCUT2D eigenvalue weighted by atomic mass is 10.1. The summed E-state index contributed by atoms with van der Waals surface area (Å²) in [4.78, 5) is 0. The Kier molecular flexibility index (Phi) is 8.49. The van der Waals surface area contributed by atoms with E-state index in [4.69, 9.17) is 14.2 Å². The standard InChI is InChI=1S/C15H25NO3S/c1-16-13(11-20-9-5-8-17-2)12-6-7-14(18-3)15(10-12)19-4/h6-7,10,13,16H,5,8-9,11H2,1-4H3. The summed E-state index contributed by atoms with van der Waals surface area (Å²) in [6.45, 7) is 0.827. The van der Waals surface area contributed by atoms with Gasteiger partial charge in [-0.2, -0.15) is 11.8 Å². The SMILES string of the molecule is CNC(CSCCCOC)c1ccc(OC)c(OC)c1. The Morgan fingerprint density at radius 2 is 1.90 bits per heavy atom. The minimum absolute atomic E-state index is 0.308. The molecule has 0 heterocycles. The highest BCUT2D eigenvalue weighted by molar-refractivity contribution is 7.99. The minimum atomic E-state index is 0.308. The Balaban J connectivity index is 2.60. The van der Waals surface area contributed by atoms with E-state index in [1.807, 2.05) is 30.9 Å². The molecule has 0 spiro atoms. The van der Waals surface area contributed by atoms with Crippen molar-refractivity contribution in [2.75, 3.05) is 46.5 Å². The summed E-state index contributed by atoms with van der Waals surface area (Å²) < 4.78 is 15.7. The topological polar surface area (TPSA) is 39.7 Å². The van der Waals surface area contributed by atoms with Crippen LogP contribution in [0.15, 0.2) is 18.2 Å². The van der Waals surface area contributed by atoms with Crippen molar-refractivity contribution in [3.05, 3.63) is 23.8 Å². The molecule has 4 nitrogen and oxygen atoms in total. The van der Waals surface area contributed by atoms with Gasteiger partial charge < -0.3 is 19.5 Å². The van der Waals surface area contributed by atoms with Crippen molar-refractivity contribution < 1.29 is 14.2 Å². The maximum Gasteiger partial charge on any atom is 0.161 e. The Morgan fingerprint density at radius 3 is 2.50 bits per heavy atom. The first-order chi connectivity index (χ1) is 9.76. The summed E-state index contributed by atoms with van der Waals surface area (Å²) in [6.07, 6.45) is 1.09. The lowest BCUT2D eigenvalue weighted by molar-refractivity contribution is 0.200. The molecule has 0 bridgehead atoms. The van der Waals surface area contributed by atoms with Crippen LogP contribution >= 0.6 is 11.8 Å². The summed E-state index contributed by atoms with van der Waals surface area (Å²) in [6, 6.07) is 6.38. The molecule has 1 N–H and O–H groups in total. The maximum absolute atomic E-state index is 5.35. The van der Waals surface area contributed by atoms with Crippen LogP contribution in [0.2, 0.25) is 0 Å². The zero-order chi connectivity index (χ0) is 14.8. The average Bonchev–Trinajstić information content (AvgIpc) is 2.50. The molecule has 1 atom stereocenters. The summed E-state index contributed by atoms with van der Waals surface area (Å²) in [5.41, 5.74) is 1.21. The number of benzene rings is 1. The van der Waals surface area contributed by atoms with Gasteiger partial charge in [-0.15, -0.1) is 0 Å². The zero-order valence-electron chi connectivity index (χ0n) is 12.8. The molecule has 1 aromatic rings. The predicted octanol–water partition coefficient (Wildman–Crippen LogP) is 2.73. The molecule has 114 valence electrons. The maximum atomic E-state index is 5.35. The molecular weight excluding hydrogens is 274 g/mol. The average molecular weight is 299 g/mol. The van der Waals surface area contributed by atoms with Crippen molar-refractivity contribution in [3.63, 3.8) is 0 Å². The minimum Gasteiger partial charge on any atom is -0.493 e. The number of ether oxygens (including phenoxy) is 3. The van der Waals surface area contributed by atoms with Crippen molar-refractivity contribution in [3.8, 4) is 11.5 Å². The number of hydrogen-bond acceptors (Lipinski definition) is 5. The Hall–Kier alpha value is -0.910. The van der Waals surface area contributed by atoms with E-state index in [2.05, 4.69) is 11.4 Å². The van der Waals surface area contributed by atoms with Crippen LogP contribution in [0.25, 0.3) is 0 Å². The van der Waals surface area contributed by atoms with Gasteiger partial charge >= 0.3 is 0 Å². The van der Waals surface area contributed by atoms with Crippen LogP contribution in [0.1, 0.15) is 18.0 Å². The van der Waals surface area contributed by atoms with Gasteiger partial charge in [0.15, 0.2) is 11.5 Å². The van der Waals surface area contributed by atoms with Crippen molar-refractivity contribution >= 4 is 11.8 Å². The fourth-order valence-electron chi connectivity index (χ4n) is 1.92. The summed E-state index contributed by atoms with van der Waals surface area (Å²) in [5.74, 6) is 3.67. The normalized spacial score (nSPS) is 12.2. The molecule has 0 aliphatic rings. The van der Waals surface area contributed by atoms with Crippen LogP contribution < -0.4 is 14.8 Å². The van der Waals surface area contributed by atoms with Gasteiger partial charge in [-0.05, 0) is 36.9 Å². The van der Waals surface area contributed by atoms with Crippen molar-refractivity contribution in [1.29, 1.82) is 0 Å². The summed E-state index contributed by atoms with van der Waals surface area (Å²) in [7, 11) is 7.04. The molecule has 1 unspecified atom stereocenters. The quantitative estimate of drug-likeness (QED) is 0.673. The van der Waals surface area contributed by atoms with Crippen molar-refractivity contribution in [1.82, 2.24) is 5.32 Å². The largest absolute Gasteiger partial charge is 0.493 e. The van der Waals surface area contributed by atoms with Crippen LogP contribution in [0.4, 0.5) is 0 Å². The fraction of sp³-hybridized carbons (Fsp3) is 0.600. The van der Waals surface area contributed by atoms with Crippen LogP contribution in [-0.4, -0.2) is 46.5 Å². The van der Waals surface area contributed by atoms with Gasteiger partial charge in [-0.1, -0.05) is 6.07 Å². The third kappa shape index (κ3) is 5.23. The van der Waals surface area contributed by atoms with Gasteiger partial charge in [0.25, 0.3) is 0 Å². The highest BCUT2D eigenvalue weighted by atomic mass is 32.2. The Labute approximate surface area is 126 Å². The van der Waals surface area contributed by atoms with Gasteiger partial charge in [0.1, 0.15) is 0 Å². The highest BCUT2D eigenvalue weighted by Gasteiger charge is 2.12. The van der Waals surface area contributed by atoms with E-state index < -0.39 is 0 Å². The zero-order valence-corrected chi connectivity index (χ0v) is 13.6. The Bertz CT molecular complexity index is 387. The van der Waals surface area contributed by atoms with Crippen molar-refractivity contribution in [2.24, 2.45) is 0 Å². The first-order valence-corrected chi connectivity index (χ1v) is 7.88. The van der Waals surface area contributed by atoms with E-state index in [0.29, 0.717) is 6.04 Å². The smallest absolute Gasteiger partial charge is 0.161 e. The molecule has 20 heavy (non-hydrogen) atoms. The van der Waals surface area contributed by atoms with E-state index in [-0.39, 0.29) is 0 Å². The van der Waals surface area contributed by atoms with Gasteiger partial charge in [0.2, 0.25) is 0 Å². The van der Waals surface area contributed by atoms with Gasteiger partial charge in [0.05, 0.1) is 14.2 Å². The first-order valence-electron chi connectivity index (χ1n) is 6.72. The molecule has 0 saturated carbocycles. The van der Waals surface area contributed by atoms with Crippen molar-refractivity contribution in [2.45, 2.75) is 12.5 Å². The molecule has 1 aromatic carbocycles. The lowest BCUT2D eigenvalue weighted by Crippen LogP contribution is -2.19. The molecule has 0 radical (unpaired) electrons. The monoisotopic (exact) mass is 299 g/mol. The molecule has 1 rings (SSSR count).